The molecule has 0 aromatic carbocycles. The van der Waals surface area contributed by atoms with Gasteiger partial charge in [0.1, 0.15) is 10.8 Å². The molecule has 0 amide bonds. The van der Waals surface area contributed by atoms with Crippen LogP contribution in [0.25, 0.3) is 6.20 Å². The van der Waals surface area contributed by atoms with Gasteiger partial charge in [0.15, 0.2) is 5.49 Å². The van der Waals surface area contributed by atoms with Crippen LogP contribution in [0.5, 0.6) is 5.88 Å². The third-order valence-corrected chi connectivity index (χ3v) is 3.86. The zero-order valence-electron chi connectivity index (χ0n) is 11.7. The van der Waals surface area contributed by atoms with E-state index in [2.05, 4.69) is 36.2 Å². The second-order valence-electron chi connectivity index (χ2n) is 4.71. The van der Waals surface area contributed by atoms with E-state index in [9.17, 15) is 13.2 Å². The minimum Gasteiger partial charge on any atom is -0.481 e. The van der Waals surface area contributed by atoms with Gasteiger partial charge in [-0.25, -0.2) is 15.0 Å². The maximum atomic E-state index is 12.7. The number of ether oxygens (including phenoxy) is 1. The molecule has 0 saturated heterocycles. The smallest absolute Gasteiger partial charge is 0.417 e. The lowest BCUT2D eigenvalue weighted by Crippen LogP contribution is -2.38. The monoisotopic (exact) mass is 386 g/mol. The van der Waals surface area contributed by atoms with Crippen molar-refractivity contribution in [2.24, 2.45) is 4.99 Å². The molecule has 23 heavy (non-hydrogen) atoms. The van der Waals surface area contributed by atoms with Crippen molar-refractivity contribution in [3.05, 3.63) is 50.8 Å². The molecule has 1 aliphatic rings. The Kier molecular flexibility index (Phi) is 3.97. The number of hydrogen-bond donors (Lipinski definition) is 1. The normalized spacial score (nSPS) is 16.7. The summed E-state index contributed by atoms with van der Waals surface area (Å²) in [6.07, 6.45) is -2.69. The second-order valence-corrected chi connectivity index (χ2v) is 5.46. The summed E-state index contributed by atoms with van der Waals surface area (Å²) in [6.45, 7) is 0. The van der Waals surface area contributed by atoms with Crippen molar-refractivity contribution in [2.45, 2.75) is 12.3 Å². The van der Waals surface area contributed by atoms with Crippen LogP contribution in [-0.2, 0) is 6.18 Å². The van der Waals surface area contributed by atoms with E-state index in [1.165, 1.54) is 13.3 Å². The average molecular weight is 387 g/mol. The maximum Gasteiger partial charge on any atom is 0.417 e. The van der Waals surface area contributed by atoms with Gasteiger partial charge in [-0.05, 0) is 28.1 Å². The Labute approximate surface area is 137 Å². The zero-order chi connectivity index (χ0) is 16.6. The summed E-state index contributed by atoms with van der Waals surface area (Å²) in [5.41, 5.74) is 0.147. The minimum absolute atomic E-state index is 0.240. The quantitative estimate of drug-likeness (QED) is 0.801. The van der Waals surface area contributed by atoms with E-state index in [0.29, 0.717) is 10.5 Å². The molecular weight excluding hydrogens is 377 g/mol. The second kappa shape index (κ2) is 5.80. The number of halogens is 4. The van der Waals surface area contributed by atoms with Gasteiger partial charge in [-0.2, -0.15) is 13.2 Å². The van der Waals surface area contributed by atoms with Gasteiger partial charge in [0, 0.05) is 29.2 Å². The minimum atomic E-state index is -4.43. The molecule has 0 radical (unpaired) electrons. The fourth-order valence-electron chi connectivity index (χ4n) is 2.08. The summed E-state index contributed by atoms with van der Waals surface area (Å²) < 4.78 is 43.6. The Morgan fingerprint density at radius 1 is 1.30 bits per heavy atom. The van der Waals surface area contributed by atoms with Crippen LogP contribution in [0.2, 0.25) is 0 Å². The summed E-state index contributed by atoms with van der Waals surface area (Å²) in [6, 6.07) is 4.45. The lowest BCUT2D eigenvalue weighted by molar-refractivity contribution is -0.137. The fraction of sp³-hybridized carbons (Fsp3) is 0.214. The number of alkyl halides is 3. The SMILES string of the molecule is COc1ccc(C2N=c3ncc(C(F)(F)F)cc3=CN2)c(Br)n1. The molecule has 120 valence electrons. The highest BCUT2D eigenvalue weighted by atomic mass is 79.9. The first kappa shape index (κ1) is 15.7. The van der Waals surface area contributed by atoms with Crippen LogP contribution in [0.1, 0.15) is 17.3 Å². The number of nitrogens with zero attached hydrogens (tertiary/aromatic N) is 3. The predicted molar refractivity (Wildman–Crippen MR) is 78.9 cm³/mol. The number of pyridine rings is 2. The Bertz CT molecular complexity index is 869. The van der Waals surface area contributed by atoms with E-state index in [0.717, 1.165) is 17.8 Å². The van der Waals surface area contributed by atoms with Gasteiger partial charge in [-0.15, -0.1) is 0 Å². The molecule has 3 heterocycles. The first-order valence-electron chi connectivity index (χ1n) is 6.46. The van der Waals surface area contributed by atoms with Gasteiger partial charge < -0.3 is 10.1 Å². The molecule has 3 rings (SSSR count). The molecule has 0 saturated carbocycles. The number of rotatable bonds is 2. The van der Waals surface area contributed by atoms with Crippen LogP contribution < -0.4 is 20.8 Å². The molecule has 2 aromatic rings. The standard InChI is InChI=1S/C14H10BrF3N4O/c1-23-10-3-2-9(11(15)21-10)13-19-5-7-4-8(14(16,17)18)6-20-12(7)22-13/h2-6,13,19H,1H3. The molecule has 1 N–H and O–H groups in total. The molecule has 5 nitrogen and oxygen atoms in total. The Hall–Kier alpha value is -2.16. The van der Waals surface area contributed by atoms with Crippen molar-refractivity contribution >= 4 is 22.1 Å². The van der Waals surface area contributed by atoms with E-state index in [4.69, 9.17) is 4.74 Å². The molecule has 1 unspecified atom stereocenters. The summed E-state index contributed by atoms with van der Waals surface area (Å²) >= 11 is 3.33. The van der Waals surface area contributed by atoms with Gasteiger partial charge in [-0.1, -0.05) is 0 Å². The summed E-state index contributed by atoms with van der Waals surface area (Å²) in [5.74, 6) is 0.439. The topological polar surface area (TPSA) is 59.4 Å². The van der Waals surface area contributed by atoms with Gasteiger partial charge in [0.05, 0.1) is 12.7 Å². The first-order chi connectivity index (χ1) is 10.9. The highest BCUT2D eigenvalue weighted by Gasteiger charge is 2.31. The summed E-state index contributed by atoms with van der Waals surface area (Å²) in [4.78, 5) is 12.3. The number of aromatic nitrogens is 2. The fourth-order valence-corrected chi connectivity index (χ4v) is 2.60. The Morgan fingerprint density at radius 2 is 2.09 bits per heavy atom. The van der Waals surface area contributed by atoms with Crippen LogP contribution in [0.15, 0.2) is 34.0 Å². The van der Waals surface area contributed by atoms with Gasteiger partial charge in [-0.3, -0.25) is 0 Å². The summed E-state index contributed by atoms with van der Waals surface area (Å²) in [7, 11) is 1.50. The third-order valence-electron chi connectivity index (χ3n) is 3.23. The van der Waals surface area contributed by atoms with Crippen molar-refractivity contribution in [2.75, 3.05) is 7.11 Å². The molecular formula is C14H10BrF3N4O. The molecule has 9 heteroatoms. The molecule has 0 spiro atoms. The molecule has 2 aromatic heterocycles. The highest BCUT2D eigenvalue weighted by Crippen LogP contribution is 2.28. The van der Waals surface area contributed by atoms with E-state index in [-0.39, 0.29) is 10.7 Å². The van der Waals surface area contributed by atoms with Crippen LogP contribution in [0, 0.1) is 0 Å². The molecule has 1 aliphatic heterocycles. The average Bonchev–Trinajstić information content (AvgIpc) is 2.53. The van der Waals surface area contributed by atoms with Crippen molar-refractivity contribution < 1.29 is 17.9 Å². The van der Waals surface area contributed by atoms with Crippen LogP contribution in [0.4, 0.5) is 13.2 Å². The number of nitrogens with one attached hydrogen (secondary N) is 1. The van der Waals surface area contributed by atoms with Gasteiger partial charge in [0.25, 0.3) is 0 Å². The van der Waals surface area contributed by atoms with Crippen LogP contribution in [0.3, 0.4) is 0 Å². The number of hydrogen-bond acceptors (Lipinski definition) is 5. The van der Waals surface area contributed by atoms with Crippen molar-refractivity contribution in [1.29, 1.82) is 0 Å². The Balaban J connectivity index is 2.00. The number of methoxy groups -OCH3 is 1. The van der Waals surface area contributed by atoms with Gasteiger partial charge >= 0.3 is 6.18 Å². The molecule has 0 bridgehead atoms. The van der Waals surface area contributed by atoms with Crippen LogP contribution >= 0.6 is 15.9 Å². The van der Waals surface area contributed by atoms with E-state index in [1.54, 1.807) is 12.1 Å². The first-order valence-corrected chi connectivity index (χ1v) is 7.25. The van der Waals surface area contributed by atoms with E-state index < -0.39 is 17.9 Å². The highest BCUT2D eigenvalue weighted by molar-refractivity contribution is 9.10. The number of fused-ring (bicyclic) bond motifs is 1. The lowest BCUT2D eigenvalue weighted by Gasteiger charge is -2.17. The maximum absolute atomic E-state index is 12.7. The predicted octanol–water partition coefficient (Wildman–Crippen LogP) is 1.93. The zero-order valence-corrected chi connectivity index (χ0v) is 13.3. The molecule has 0 fully saturated rings. The van der Waals surface area contributed by atoms with Crippen LogP contribution in [-0.4, -0.2) is 17.1 Å². The third kappa shape index (κ3) is 3.14. The molecule has 1 atom stereocenters. The molecule has 0 aliphatic carbocycles. The van der Waals surface area contributed by atoms with Gasteiger partial charge in [0.2, 0.25) is 5.88 Å². The lowest BCUT2D eigenvalue weighted by atomic mass is 10.2. The van der Waals surface area contributed by atoms with E-state index >= 15 is 0 Å². The van der Waals surface area contributed by atoms with Crippen molar-refractivity contribution in [3.8, 4) is 5.88 Å². The van der Waals surface area contributed by atoms with E-state index in [1.807, 2.05) is 0 Å². The Morgan fingerprint density at radius 3 is 2.74 bits per heavy atom. The summed E-state index contributed by atoms with van der Waals surface area (Å²) in [5, 5.41) is 3.22. The largest absolute Gasteiger partial charge is 0.481 e. The van der Waals surface area contributed by atoms with Crippen molar-refractivity contribution in [3.63, 3.8) is 0 Å². The van der Waals surface area contributed by atoms with Crippen molar-refractivity contribution in [1.82, 2.24) is 15.3 Å².